The molecule has 0 aromatic heterocycles. The van der Waals surface area contributed by atoms with Crippen molar-refractivity contribution in [2.45, 2.75) is 56.8 Å². The van der Waals surface area contributed by atoms with Crippen molar-refractivity contribution in [1.82, 2.24) is 4.90 Å². The number of likely N-dealkylation sites (N-methyl/N-ethyl adjacent to an activating group) is 1. The van der Waals surface area contributed by atoms with Crippen molar-refractivity contribution in [2.24, 2.45) is 0 Å². The van der Waals surface area contributed by atoms with Gasteiger partial charge in [0.25, 0.3) is 0 Å². The van der Waals surface area contributed by atoms with Crippen LogP contribution in [0.2, 0.25) is 0 Å². The zero-order valence-corrected chi connectivity index (χ0v) is 14.8. The summed E-state index contributed by atoms with van der Waals surface area (Å²) in [5, 5.41) is 10.3. The van der Waals surface area contributed by atoms with E-state index in [1.807, 2.05) is 0 Å². The van der Waals surface area contributed by atoms with Gasteiger partial charge in [-0.3, -0.25) is 0 Å². The van der Waals surface area contributed by atoms with E-state index in [-0.39, 0.29) is 6.10 Å². The van der Waals surface area contributed by atoms with Gasteiger partial charge in [0.15, 0.2) is 0 Å². The number of aliphatic hydroxyl groups is 1. The molecule has 0 saturated carbocycles. The molecule has 1 N–H and O–H groups in total. The normalized spacial score (nSPS) is 25.5. The minimum absolute atomic E-state index is 0.136. The second-order valence-electron chi connectivity index (χ2n) is 7.28. The van der Waals surface area contributed by atoms with Crippen LogP contribution in [0.1, 0.15) is 49.3 Å². The van der Waals surface area contributed by atoms with E-state index in [2.05, 4.69) is 36.2 Å². The van der Waals surface area contributed by atoms with Gasteiger partial charge in [-0.05, 0) is 56.7 Å². The third-order valence-corrected chi connectivity index (χ3v) is 5.12. The van der Waals surface area contributed by atoms with E-state index in [0.29, 0.717) is 19.3 Å². The molecule has 1 aromatic carbocycles. The van der Waals surface area contributed by atoms with Crippen molar-refractivity contribution in [1.29, 1.82) is 0 Å². The molecule has 4 heteroatoms. The number of hydrogen-bond acceptors (Lipinski definition) is 4. The number of benzene rings is 1. The quantitative estimate of drug-likeness (QED) is 0.833. The molecular formula is C20H31NO3. The molecule has 0 radical (unpaired) electrons. The molecule has 1 fully saturated rings. The molecular weight excluding hydrogens is 302 g/mol. The number of ether oxygens (including phenoxy) is 2. The second kappa shape index (κ2) is 8.95. The third kappa shape index (κ3) is 5.03. The Morgan fingerprint density at radius 1 is 1.25 bits per heavy atom. The highest BCUT2D eigenvalue weighted by molar-refractivity contribution is 5.31. The first-order chi connectivity index (χ1) is 11.7. The highest BCUT2D eigenvalue weighted by Crippen LogP contribution is 2.32. The summed E-state index contributed by atoms with van der Waals surface area (Å²) < 4.78 is 11.8. The van der Waals surface area contributed by atoms with Crippen molar-refractivity contribution in [3.05, 3.63) is 35.4 Å². The van der Waals surface area contributed by atoms with E-state index in [1.165, 1.54) is 24.0 Å². The maximum absolute atomic E-state index is 10.3. The summed E-state index contributed by atoms with van der Waals surface area (Å²) in [6.45, 7) is 2.80. The topological polar surface area (TPSA) is 41.9 Å². The first-order valence-electron chi connectivity index (χ1n) is 9.40. The lowest BCUT2D eigenvalue weighted by atomic mass is 9.89. The number of fused-ring (bicyclic) bond motifs is 1. The highest BCUT2D eigenvalue weighted by Gasteiger charge is 2.22. The van der Waals surface area contributed by atoms with Crippen LogP contribution in [0.4, 0.5) is 0 Å². The first kappa shape index (κ1) is 17.9. The predicted molar refractivity (Wildman–Crippen MR) is 95.2 cm³/mol. The fourth-order valence-electron chi connectivity index (χ4n) is 3.90. The smallest absolute Gasteiger partial charge is 0.0900 e. The maximum Gasteiger partial charge on any atom is 0.0900 e. The molecule has 0 amide bonds. The Morgan fingerprint density at radius 2 is 2.12 bits per heavy atom. The van der Waals surface area contributed by atoms with Gasteiger partial charge in [0.2, 0.25) is 0 Å². The Balaban J connectivity index is 1.41. The summed E-state index contributed by atoms with van der Waals surface area (Å²) >= 11 is 0. The number of aryl methyl sites for hydroxylation is 1. The molecule has 1 saturated heterocycles. The van der Waals surface area contributed by atoms with Crippen LogP contribution in [0.5, 0.6) is 0 Å². The van der Waals surface area contributed by atoms with Crippen LogP contribution < -0.4 is 0 Å². The molecule has 2 aliphatic rings. The molecule has 1 aliphatic carbocycles. The van der Waals surface area contributed by atoms with Crippen LogP contribution in [0.15, 0.2) is 24.3 Å². The SMILES string of the molecule is CN(CC(O)COC1CCCc2ccccc21)CC1CCCCO1. The Labute approximate surface area is 145 Å². The van der Waals surface area contributed by atoms with E-state index in [1.54, 1.807) is 0 Å². The van der Waals surface area contributed by atoms with Crippen LogP contribution >= 0.6 is 0 Å². The van der Waals surface area contributed by atoms with Crippen molar-refractivity contribution >= 4 is 0 Å². The molecule has 4 nitrogen and oxygen atoms in total. The standard InChI is InChI=1S/C20H31NO3/c1-21(14-18-9-4-5-12-23-18)13-17(22)15-24-20-11-6-8-16-7-2-3-10-19(16)20/h2-3,7,10,17-18,20,22H,4-6,8-9,11-15H2,1H3. The molecule has 3 rings (SSSR count). The van der Waals surface area contributed by atoms with E-state index in [4.69, 9.17) is 9.47 Å². The van der Waals surface area contributed by atoms with Crippen LogP contribution in [0, 0.1) is 0 Å². The molecule has 1 aromatic rings. The lowest BCUT2D eigenvalue weighted by Gasteiger charge is -2.30. The van der Waals surface area contributed by atoms with Gasteiger partial charge < -0.3 is 19.5 Å². The third-order valence-electron chi connectivity index (χ3n) is 5.12. The predicted octanol–water partition coefficient (Wildman–Crippen LogP) is 2.94. The van der Waals surface area contributed by atoms with Gasteiger partial charge in [0, 0.05) is 19.7 Å². The summed E-state index contributed by atoms with van der Waals surface area (Å²) in [4.78, 5) is 2.17. The zero-order chi connectivity index (χ0) is 16.8. The zero-order valence-electron chi connectivity index (χ0n) is 14.8. The molecule has 1 heterocycles. The second-order valence-corrected chi connectivity index (χ2v) is 7.28. The number of hydrogen-bond donors (Lipinski definition) is 1. The van der Waals surface area contributed by atoms with Gasteiger partial charge >= 0.3 is 0 Å². The minimum Gasteiger partial charge on any atom is -0.389 e. The number of aliphatic hydroxyl groups excluding tert-OH is 1. The van der Waals surface area contributed by atoms with E-state index >= 15 is 0 Å². The van der Waals surface area contributed by atoms with Crippen molar-refractivity contribution in [2.75, 3.05) is 33.4 Å². The minimum atomic E-state index is -0.451. The molecule has 0 bridgehead atoms. The van der Waals surface area contributed by atoms with Crippen LogP contribution in [-0.4, -0.2) is 55.6 Å². The Hall–Kier alpha value is -0.940. The molecule has 1 aliphatic heterocycles. The molecule has 24 heavy (non-hydrogen) atoms. The highest BCUT2D eigenvalue weighted by atomic mass is 16.5. The van der Waals surface area contributed by atoms with Crippen LogP contribution in [-0.2, 0) is 15.9 Å². The first-order valence-corrected chi connectivity index (χ1v) is 9.40. The van der Waals surface area contributed by atoms with E-state index in [9.17, 15) is 5.11 Å². The summed E-state index contributed by atoms with van der Waals surface area (Å²) in [6.07, 6.45) is 6.93. The largest absolute Gasteiger partial charge is 0.389 e. The average Bonchev–Trinajstić information content (AvgIpc) is 2.60. The van der Waals surface area contributed by atoms with Gasteiger partial charge in [-0.2, -0.15) is 0 Å². The van der Waals surface area contributed by atoms with E-state index in [0.717, 1.165) is 38.8 Å². The van der Waals surface area contributed by atoms with Gasteiger partial charge in [-0.25, -0.2) is 0 Å². The van der Waals surface area contributed by atoms with Gasteiger partial charge in [-0.1, -0.05) is 24.3 Å². The van der Waals surface area contributed by atoms with Crippen molar-refractivity contribution in [3.8, 4) is 0 Å². The monoisotopic (exact) mass is 333 g/mol. The van der Waals surface area contributed by atoms with E-state index < -0.39 is 6.10 Å². The molecule has 3 atom stereocenters. The maximum atomic E-state index is 10.3. The fourth-order valence-corrected chi connectivity index (χ4v) is 3.90. The summed E-state index contributed by atoms with van der Waals surface area (Å²) in [6, 6.07) is 8.53. The van der Waals surface area contributed by atoms with Crippen molar-refractivity contribution < 1.29 is 14.6 Å². The molecule has 0 spiro atoms. The Kier molecular flexibility index (Phi) is 6.67. The molecule has 3 unspecified atom stereocenters. The Morgan fingerprint density at radius 3 is 2.96 bits per heavy atom. The summed E-state index contributed by atoms with van der Waals surface area (Å²) in [5.74, 6) is 0. The number of nitrogens with zero attached hydrogens (tertiary/aromatic N) is 1. The van der Waals surface area contributed by atoms with Crippen molar-refractivity contribution in [3.63, 3.8) is 0 Å². The number of rotatable bonds is 7. The van der Waals surface area contributed by atoms with Gasteiger partial charge in [0.05, 0.1) is 24.9 Å². The molecule has 134 valence electrons. The van der Waals surface area contributed by atoms with Crippen LogP contribution in [0.25, 0.3) is 0 Å². The van der Waals surface area contributed by atoms with Gasteiger partial charge in [0.1, 0.15) is 0 Å². The summed E-state index contributed by atoms with van der Waals surface area (Å²) in [5.41, 5.74) is 2.70. The lowest BCUT2D eigenvalue weighted by molar-refractivity contribution is -0.0380. The van der Waals surface area contributed by atoms with Gasteiger partial charge in [-0.15, -0.1) is 0 Å². The lowest BCUT2D eigenvalue weighted by Crippen LogP contribution is -2.39. The fraction of sp³-hybridized carbons (Fsp3) is 0.700. The average molecular weight is 333 g/mol. The Bertz CT molecular complexity index is 501. The van der Waals surface area contributed by atoms with Crippen LogP contribution in [0.3, 0.4) is 0 Å². The summed E-state index contributed by atoms with van der Waals surface area (Å²) in [7, 11) is 2.05.